The zero-order chi connectivity index (χ0) is 44.2. The molecule has 15 heteroatoms. The lowest BCUT2D eigenvalue weighted by Gasteiger charge is -2.21. The van der Waals surface area contributed by atoms with Crippen molar-refractivity contribution in [2.24, 2.45) is 11.7 Å². The third-order valence-electron chi connectivity index (χ3n) is 9.66. The molecule has 320 valence electrons. The molecule has 15 nitrogen and oxygen atoms in total. The van der Waals surface area contributed by atoms with Crippen LogP contribution in [0.25, 0.3) is 33.4 Å². The Morgan fingerprint density at radius 2 is 1.43 bits per heavy atom. The van der Waals surface area contributed by atoms with Gasteiger partial charge in [-0.15, -0.1) is 0 Å². The van der Waals surface area contributed by atoms with E-state index in [0.29, 0.717) is 68.4 Å². The van der Waals surface area contributed by atoms with Gasteiger partial charge < -0.3 is 31.4 Å². The number of aryl methyl sites for hydroxylation is 1. The fourth-order valence-electron chi connectivity index (χ4n) is 6.71. The summed E-state index contributed by atoms with van der Waals surface area (Å²) in [6, 6.07) is 16.5. The van der Waals surface area contributed by atoms with Gasteiger partial charge in [0.2, 0.25) is 29.5 Å². The highest BCUT2D eigenvalue weighted by atomic mass is 16.3. The minimum atomic E-state index is -0.913. The Kier molecular flexibility index (Phi) is 19.5. The Morgan fingerprint density at radius 1 is 0.767 bits per heavy atom. The van der Waals surface area contributed by atoms with Crippen LogP contribution in [0.4, 0.5) is 0 Å². The first-order chi connectivity index (χ1) is 28.6. The summed E-state index contributed by atoms with van der Waals surface area (Å²) in [6.45, 7) is 7.30. The van der Waals surface area contributed by atoms with Gasteiger partial charge >= 0.3 is 6.15 Å². The van der Waals surface area contributed by atoms with Crippen LogP contribution in [-0.4, -0.2) is 66.6 Å². The highest BCUT2D eigenvalue weighted by Gasteiger charge is 2.24. The number of unbranched alkanes of at least 4 members (excludes halogenated alkanes) is 4. The molecule has 6 N–H and O–H groups in total. The van der Waals surface area contributed by atoms with Gasteiger partial charge in [0.25, 0.3) is 0 Å². The number of ketones is 1. The van der Waals surface area contributed by atoms with E-state index in [1.165, 1.54) is 19.1 Å². The van der Waals surface area contributed by atoms with E-state index in [0.717, 1.165) is 40.5 Å². The van der Waals surface area contributed by atoms with E-state index in [1.807, 2.05) is 63.2 Å². The molecule has 0 saturated heterocycles. The van der Waals surface area contributed by atoms with Crippen molar-refractivity contribution in [1.29, 1.82) is 0 Å². The summed E-state index contributed by atoms with van der Waals surface area (Å²) in [5, 5.41) is 11.5. The molecule has 5 amide bonds. The van der Waals surface area contributed by atoms with Crippen molar-refractivity contribution in [3.05, 3.63) is 82.0 Å². The number of benzene rings is 3. The molecule has 0 aromatic heterocycles. The summed E-state index contributed by atoms with van der Waals surface area (Å²) in [7, 11) is 0. The molecule has 2 aliphatic rings. The van der Waals surface area contributed by atoms with E-state index >= 15 is 0 Å². The van der Waals surface area contributed by atoms with E-state index in [-0.39, 0.29) is 48.1 Å². The van der Waals surface area contributed by atoms with Crippen molar-refractivity contribution in [3.8, 4) is 22.5 Å². The van der Waals surface area contributed by atoms with Crippen LogP contribution in [0.15, 0.2) is 69.9 Å². The first-order valence-electron chi connectivity index (χ1n) is 20.1. The van der Waals surface area contributed by atoms with Crippen molar-refractivity contribution in [3.63, 3.8) is 0 Å². The summed E-state index contributed by atoms with van der Waals surface area (Å²) in [5.41, 5.74) is 10.3. The van der Waals surface area contributed by atoms with Crippen molar-refractivity contribution < 1.29 is 42.8 Å². The Hall–Kier alpha value is -6.47. The SMILES string of the molecule is CC(=O)NCCCC[C@H](NC(=O)CNC(=O)[C@H](CC(C)C)NC(=O)CCCCCCC(=O)c1ccc(-c2c3ccc(=O)cc-3oc3cc(C)ccc23)cc1)C(N)=O.O=C=O. The predicted molar refractivity (Wildman–Crippen MR) is 224 cm³/mol. The number of hydrogen-bond acceptors (Lipinski definition) is 10. The molecule has 0 spiro atoms. The summed E-state index contributed by atoms with van der Waals surface area (Å²) in [5.74, 6) is -1.58. The van der Waals surface area contributed by atoms with Crippen LogP contribution >= 0.6 is 0 Å². The molecule has 1 aliphatic carbocycles. The fraction of sp³-hybridized carbons (Fsp3) is 0.422. The molecular formula is C45H55N5O10. The van der Waals surface area contributed by atoms with Crippen LogP contribution in [0.5, 0.6) is 0 Å². The zero-order valence-corrected chi connectivity index (χ0v) is 34.7. The van der Waals surface area contributed by atoms with E-state index in [4.69, 9.17) is 19.7 Å². The number of carbonyl (C=O) groups excluding carboxylic acids is 8. The maximum absolute atomic E-state index is 13.1. The maximum atomic E-state index is 13.1. The van der Waals surface area contributed by atoms with E-state index in [2.05, 4.69) is 21.3 Å². The Morgan fingerprint density at radius 3 is 2.08 bits per heavy atom. The second-order valence-corrected chi connectivity index (χ2v) is 15.1. The van der Waals surface area contributed by atoms with Crippen LogP contribution in [0, 0.1) is 12.8 Å². The van der Waals surface area contributed by atoms with Crippen molar-refractivity contribution in [2.45, 2.75) is 104 Å². The van der Waals surface area contributed by atoms with Gasteiger partial charge in [0.1, 0.15) is 23.4 Å². The van der Waals surface area contributed by atoms with Gasteiger partial charge in [-0.1, -0.05) is 63.1 Å². The average Bonchev–Trinajstić information content (AvgIpc) is 3.19. The topological polar surface area (TPSA) is 241 Å². The van der Waals surface area contributed by atoms with Gasteiger partial charge in [-0.25, -0.2) is 0 Å². The minimum Gasteiger partial charge on any atom is -0.456 e. The molecule has 60 heavy (non-hydrogen) atoms. The lowest BCUT2D eigenvalue weighted by molar-refractivity contribution is -0.191. The number of nitrogens with one attached hydrogen (secondary N) is 4. The molecule has 1 aliphatic heterocycles. The Labute approximate surface area is 348 Å². The molecule has 0 unspecified atom stereocenters. The van der Waals surface area contributed by atoms with Crippen molar-refractivity contribution in [1.82, 2.24) is 21.3 Å². The van der Waals surface area contributed by atoms with Crippen LogP contribution in [-0.2, 0) is 33.6 Å². The van der Waals surface area contributed by atoms with Gasteiger partial charge in [-0.3, -0.25) is 33.6 Å². The van der Waals surface area contributed by atoms with Gasteiger partial charge in [-0.2, -0.15) is 9.59 Å². The first-order valence-corrected chi connectivity index (χ1v) is 20.1. The zero-order valence-electron chi connectivity index (χ0n) is 34.7. The number of primary amides is 1. The van der Waals surface area contributed by atoms with E-state index < -0.39 is 29.8 Å². The van der Waals surface area contributed by atoms with Gasteiger partial charge in [0.05, 0.1) is 6.54 Å². The van der Waals surface area contributed by atoms with Crippen molar-refractivity contribution in [2.75, 3.05) is 13.1 Å². The van der Waals surface area contributed by atoms with Crippen LogP contribution in [0.1, 0.15) is 101 Å². The summed E-state index contributed by atoms with van der Waals surface area (Å²) < 4.78 is 6.08. The molecule has 0 saturated carbocycles. The van der Waals surface area contributed by atoms with E-state index in [9.17, 15) is 33.6 Å². The molecule has 1 heterocycles. The maximum Gasteiger partial charge on any atom is 0.373 e. The van der Waals surface area contributed by atoms with Gasteiger partial charge in [0, 0.05) is 54.5 Å². The lowest BCUT2D eigenvalue weighted by Crippen LogP contribution is -2.51. The highest BCUT2D eigenvalue weighted by Crippen LogP contribution is 2.40. The molecular weight excluding hydrogens is 771 g/mol. The number of hydrogen-bond donors (Lipinski definition) is 5. The third-order valence-corrected chi connectivity index (χ3v) is 9.66. The normalized spacial score (nSPS) is 11.8. The number of nitrogens with two attached hydrogens (primary N) is 1. The van der Waals surface area contributed by atoms with Gasteiger partial charge in [-0.05, 0) is 80.7 Å². The second kappa shape index (κ2) is 24.5. The number of fused-ring (bicyclic) bond motifs is 2. The number of rotatable bonds is 22. The first kappa shape index (κ1) is 47.9. The molecule has 0 bridgehead atoms. The Bertz CT molecular complexity index is 2170. The predicted octanol–water partition coefficient (Wildman–Crippen LogP) is 4.74. The smallest absolute Gasteiger partial charge is 0.373 e. The number of Topliss-reactive ketones (excluding diaryl/α,β-unsaturated/α-hetero) is 1. The lowest BCUT2D eigenvalue weighted by atomic mass is 9.92. The average molecular weight is 826 g/mol. The molecule has 2 aromatic rings. The van der Waals surface area contributed by atoms with Crippen molar-refractivity contribution >= 4 is 52.4 Å². The molecule has 0 radical (unpaired) electrons. The standard InChI is InChI=1S/C44H55N5O8.CO2/c1-27(2)23-36(44(56)47-26-41(54)48-35(43(45)55)11-9-10-22-46-29(4)50)49-40(53)13-8-6-5-7-12-37(52)30-15-17-31(18-16-30)42-33-20-14-28(3)24-38(33)57-39-25-32(51)19-21-34(39)42;2-1-3/h14-21,24-25,27,35-36H,5-13,22-23,26H2,1-4H3,(H2,45,55)(H,46,50)(H,47,56)(H,48,54)(H,49,53);/t35-,36-;/m0./s1. The second-order valence-electron chi connectivity index (χ2n) is 15.1. The molecule has 2 aromatic carbocycles. The number of amides is 5. The highest BCUT2D eigenvalue weighted by molar-refractivity contribution is 6.03. The minimum absolute atomic E-state index is 0.0313. The van der Waals surface area contributed by atoms with Gasteiger partial charge in [0.15, 0.2) is 11.2 Å². The quantitative estimate of drug-likeness (QED) is 0.0414. The van der Waals surface area contributed by atoms with Crippen LogP contribution in [0.3, 0.4) is 0 Å². The summed E-state index contributed by atoms with van der Waals surface area (Å²) >= 11 is 0. The third kappa shape index (κ3) is 15.7. The summed E-state index contributed by atoms with van der Waals surface area (Å²) in [4.78, 5) is 103. The van der Waals surface area contributed by atoms with Crippen LogP contribution in [0.2, 0.25) is 0 Å². The number of carbonyl (C=O) groups is 6. The Balaban J connectivity index is 0.00000311. The molecule has 4 rings (SSSR count). The largest absolute Gasteiger partial charge is 0.456 e. The molecule has 2 atom stereocenters. The monoisotopic (exact) mass is 825 g/mol. The summed E-state index contributed by atoms with van der Waals surface area (Å²) in [6.07, 6.45) is 5.41. The fourth-order valence-corrected chi connectivity index (χ4v) is 6.71. The molecule has 0 fully saturated rings. The van der Waals surface area contributed by atoms with E-state index in [1.54, 1.807) is 6.07 Å². The van der Waals surface area contributed by atoms with Crippen LogP contribution < -0.4 is 32.4 Å².